The topological polar surface area (TPSA) is 180 Å². The van der Waals surface area contributed by atoms with Crippen LogP contribution in [0.3, 0.4) is 0 Å². The van der Waals surface area contributed by atoms with Crippen molar-refractivity contribution in [2.24, 2.45) is 0 Å². The van der Waals surface area contributed by atoms with Crippen molar-refractivity contribution in [3.8, 4) is 11.5 Å². The van der Waals surface area contributed by atoms with Crippen molar-refractivity contribution >= 4 is 22.9 Å². The molecule has 0 bridgehead atoms. The molecule has 2 aromatic rings. The number of phenols is 2. The first-order valence-corrected chi connectivity index (χ1v) is 13.7. The average molecular weight is 575 g/mol. The third kappa shape index (κ3) is 5.50. The van der Waals surface area contributed by atoms with Crippen LogP contribution in [-0.4, -0.2) is 65.5 Å². The summed E-state index contributed by atoms with van der Waals surface area (Å²) in [4.78, 5) is 27.8. The van der Waals surface area contributed by atoms with Gasteiger partial charge < -0.3 is 41.3 Å². The van der Waals surface area contributed by atoms with Crippen molar-refractivity contribution in [1.29, 1.82) is 0 Å². The van der Waals surface area contributed by atoms with Gasteiger partial charge in [-0.1, -0.05) is 0 Å². The molecule has 10 heteroatoms. The Kier molecular flexibility index (Phi) is 7.38. The number of carbonyl (C=O) groups excluding carboxylic acids is 2. The Balaban J connectivity index is 1.50. The normalized spacial score (nSPS) is 24.3. The van der Waals surface area contributed by atoms with Crippen LogP contribution in [0.25, 0.3) is 0 Å². The second-order valence-corrected chi connectivity index (χ2v) is 11.5. The second-order valence-electron chi connectivity index (χ2n) is 11.5. The minimum Gasteiger partial charge on any atom is -0.508 e. The van der Waals surface area contributed by atoms with Crippen molar-refractivity contribution in [1.82, 2.24) is 0 Å². The van der Waals surface area contributed by atoms with Crippen LogP contribution in [0.15, 0.2) is 72.2 Å². The predicted molar refractivity (Wildman–Crippen MR) is 157 cm³/mol. The van der Waals surface area contributed by atoms with Gasteiger partial charge in [-0.25, -0.2) is 0 Å². The fraction of sp³-hybridized carbons (Fsp3) is 0.312. The number of benzene rings is 2. The third-order valence-electron chi connectivity index (χ3n) is 7.86. The monoisotopic (exact) mass is 574 g/mol. The molecule has 3 aliphatic carbocycles. The highest BCUT2D eigenvalue weighted by Crippen LogP contribution is 2.43. The number of hydrogen-bond donors (Lipinski definition) is 8. The maximum Gasteiger partial charge on any atom is 0.200 e. The third-order valence-corrected chi connectivity index (χ3v) is 7.86. The van der Waals surface area contributed by atoms with Crippen molar-refractivity contribution in [3.63, 3.8) is 0 Å². The van der Waals surface area contributed by atoms with Crippen molar-refractivity contribution in [2.45, 2.75) is 62.8 Å². The molecule has 0 fully saturated rings. The average Bonchev–Trinajstić information content (AvgIpc) is 2.92. The maximum absolute atomic E-state index is 13.9. The van der Waals surface area contributed by atoms with Gasteiger partial charge in [-0.15, -0.1) is 0 Å². The number of fused-ring (bicyclic) bond motifs is 2. The van der Waals surface area contributed by atoms with Gasteiger partial charge in [-0.05, 0) is 87.4 Å². The van der Waals surface area contributed by atoms with E-state index in [4.69, 9.17) is 0 Å². The molecule has 5 rings (SSSR count). The molecule has 0 amide bonds. The lowest BCUT2D eigenvalue weighted by Gasteiger charge is -2.32. The van der Waals surface area contributed by atoms with E-state index in [2.05, 4.69) is 10.6 Å². The van der Waals surface area contributed by atoms with Crippen LogP contribution in [-0.2, 0) is 0 Å². The van der Waals surface area contributed by atoms with E-state index in [0.717, 1.165) is 12.1 Å². The summed E-state index contributed by atoms with van der Waals surface area (Å²) in [5.74, 6) is -2.05. The lowest BCUT2D eigenvalue weighted by atomic mass is 9.80. The number of aliphatic hydroxyl groups excluding tert-OH is 2. The number of aromatic hydroxyl groups is 2. The van der Waals surface area contributed by atoms with Crippen LogP contribution >= 0.6 is 0 Å². The Bertz CT molecular complexity index is 1470. The standard InChI is InChI=1S/C32H34N2O8/c1-17(15-31(41)11-7-19(35)8-12-31)33-21-3-4-22(34-18(2)16-32(42)13-9-20(36)10-14-32)26-25(21)29(39)27-23(37)5-6-24(38)28(27)30(26)40/h3-11,13,17-18,33-38,41-42H,12,14-16H2,1-2H3. The zero-order valence-electron chi connectivity index (χ0n) is 23.3. The highest BCUT2D eigenvalue weighted by molar-refractivity contribution is 6.33. The molecule has 4 atom stereocenters. The number of carbonyl (C=O) groups is 2. The zero-order valence-corrected chi connectivity index (χ0v) is 23.3. The number of nitrogens with one attached hydrogen (secondary N) is 2. The summed E-state index contributed by atoms with van der Waals surface area (Å²) in [5.41, 5.74) is -2.43. The molecule has 2 aromatic carbocycles. The van der Waals surface area contributed by atoms with Crippen LogP contribution in [0.5, 0.6) is 11.5 Å². The fourth-order valence-electron chi connectivity index (χ4n) is 5.92. The Labute approximate surface area is 242 Å². The van der Waals surface area contributed by atoms with E-state index in [9.17, 15) is 40.2 Å². The van der Waals surface area contributed by atoms with Crippen LogP contribution in [0.2, 0.25) is 0 Å². The number of ketones is 2. The summed E-state index contributed by atoms with van der Waals surface area (Å²) in [7, 11) is 0. The van der Waals surface area contributed by atoms with Gasteiger partial charge in [0, 0.05) is 36.3 Å². The summed E-state index contributed by atoms with van der Waals surface area (Å²) < 4.78 is 0. The Morgan fingerprint density at radius 2 is 1.05 bits per heavy atom. The Morgan fingerprint density at radius 1 is 0.667 bits per heavy atom. The quantitative estimate of drug-likeness (QED) is 0.178. The van der Waals surface area contributed by atoms with Gasteiger partial charge in [0.25, 0.3) is 0 Å². The van der Waals surface area contributed by atoms with E-state index >= 15 is 0 Å². The van der Waals surface area contributed by atoms with E-state index < -0.39 is 46.4 Å². The first-order chi connectivity index (χ1) is 19.8. The minimum atomic E-state index is -1.23. The molecule has 0 aromatic heterocycles. The summed E-state index contributed by atoms with van der Waals surface area (Å²) in [6.07, 6.45) is 9.77. The van der Waals surface area contributed by atoms with Crippen LogP contribution in [0.1, 0.15) is 71.4 Å². The van der Waals surface area contributed by atoms with Gasteiger partial charge in [0.2, 0.25) is 11.6 Å². The zero-order chi connectivity index (χ0) is 30.4. The van der Waals surface area contributed by atoms with E-state index in [1.807, 2.05) is 13.8 Å². The van der Waals surface area contributed by atoms with Gasteiger partial charge in [-0.2, -0.15) is 0 Å². The van der Waals surface area contributed by atoms with Crippen molar-refractivity contribution in [3.05, 3.63) is 94.5 Å². The molecular formula is C32H34N2O8. The smallest absolute Gasteiger partial charge is 0.200 e. The van der Waals surface area contributed by atoms with Gasteiger partial charge in [0.15, 0.2) is 0 Å². The fourth-order valence-corrected chi connectivity index (χ4v) is 5.92. The molecule has 0 spiro atoms. The highest BCUT2D eigenvalue weighted by atomic mass is 16.3. The van der Waals surface area contributed by atoms with Crippen LogP contribution in [0.4, 0.5) is 11.4 Å². The van der Waals surface area contributed by atoms with Crippen molar-refractivity contribution < 1.29 is 40.2 Å². The largest absolute Gasteiger partial charge is 0.508 e. The molecule has 0 saturated carbocycles. The van der Waals surface area contributed by atoms with Gasteiger partial charge in [-0.3, -0.25) is 9.59 Å². The van der Waals surface area contributed by atoms with Gasteiger partial charge in [0.05, 0.1) is 33.5 Å². The molecule has 10 nitrogen and oxygen atoms in total. The molecule has 0 radical (unpaired) electrons. The number of allylic oxidation sites excluding steroid dienone is 2. The molecule has 0 saturated heterocycles. The van der Waals surface area contributed by atoms with Crippen LogP contribution in [0, 0.1) is 0 Å². The number of aliphatic hydroxyl groups is 4. The second kappa shape index (κ2) is 10.7. The summed E-state index contributed by atoms with van der Waals surface area (Å²) >= 11 is 0. The van der Waals surface area contributed by atoms with Crippen molar-refractivity contribution in [2.75, 3.05) is 10.6 Å². The van der Waals surface area contributed by atoms with Gasteiger partial charge >= 0.3 is 0 Å². The predicted octanol–water partition coefficient (Wildman–Crippen LogP) is 4.52. The molecule has 0 aliphatic heterocycles. The molecule has 42 heavy (non-hydrogen) atoms. The lowest BCUT2D eigenvalue weighted by molar-refractivity contribution is 0.0770. The molecule has 0 heterocycles. The van der Waals surface area contributed by atoms with E-state index in [0.29, 0.717) is 11.4 Å². The lowest BCUT2D eigenvalue weighted by Crippen LogP contribution is -2.35. The number of phenolic OH excluding ortho intramolecular Hbond substituents is 2. The van der Waals surface area contributed by atoms with E-state index in [1.54, 1.807) is 12.1 Å². The van der Waals surface area contributed by atoms with E-state index in [1.165, 1.54) is 36.5 Å². The highest BCUT2D eigenvalue weighted by Gasteiger charge is 2.39. The molecule has 8 N–H and O–H groups in total. The maximum atomic E-state index is 13.9. The first-order valence-electron chi connectivity index (χ1n) is 13.7. The number of rotatable bonds is 8. The summed E-state index contributed by atoms with van der Waals surface area (Å²) in [6.45, 7) is 3.61. The molecule has 3 aliphatic rings. The van der Waals surface area contributed by atoms with Crippen LogP contribution < -0.4 is 10.6 Å². The summed E-state index contributed by atoms with van der Waals surface area (Å²) in [5, 5.41) is 68.7. The van der Waals surface area contributed by atoms with E-state index in [-0.39, 0.29) is 59.5 Å². The molecular weight excluding hydrogens is 540 g/mol. The minimum absolute atomic E-state index is 0.00490. The number of anilines is 2. The van der Waals surface area contributed by atoms with Gasteiger partial charge in [0.1, 0.15) is 23.0 Å². The molecule has 4 unspecified atom stereocenters. The summed E-state index contributed by atoms with van der Waals surface area (Å²) in [6, 6.07) is 4.78. The Morgan fingerprint density at radius 3 is 1.38 bits per heavy atom. The Hall–Kier alpha value is -4.54. The SMILES string of the molecule is CC(CC1(O)C=CC(O)=CC1)Nc1ccc(NC(C)CC2(O)C=CC(O)=CC2)c2c1C(=O)c1c(O)ccc(O)c1C2=O. The molecule has 220 valence electrons. The first kappa shape index (κ1) is 29.0. The number of hydrogen-bond acceptors (Lipinski definition) is 10.